The molecule has 0 fully saturated rings. The van der Waals surface area contributed by atoms with Crippen molar-refractivity contribution in [1.29, 1.82) is 5.26 Å². The maximum absolute atomic E-state index is 9.37. The molecule has 0 aliphatic heterocycles. The molecular formula is C19H15BrClN4P. The third kappa shape index (κ3) is 4.04. The highest BCUT2D eigenvalue weighted by Crippen LogP contribution is 2.34. The predicted molar refractivity (Wildman–Crippen MR) is 113 cm³/mol. The number of nitrogens with zero attached hydrogens (tertiary/aromatic N) is 3. The Kier molecular flexibility index (Phi) is 5.88. The summed E-state index contributed by atoms with van der Waals surface area (Å²) in [7, 11) is -0.387. The van der Waals surface area contributed by atoms with Gasteiger partial charge in [-0.15, -0.1) is 0 Å². The molecule has 130 valence electrons. The molecular weight excluding hydrogens is 431 g/mol. The molecule has 1 heterocycles. The van der Waals surface area contributed by atoms with E-state index in [-0.39, 0.29) is 13.2 Å². The van der Waals surface area contributed by atoms with E-state index in [0.717, 1.165) is 21.3 Å². The normalized spacial score (nSPS) is 10.6. The Hall–Kier alpha value is -1.99. The van der Waals surface area contributed by atoms with E-state index >= 15 is 0 Å². The summed E-state index contributed by atoms with van der Waals surface area (Å²) in [6, 6.07) is 16.1. The second-order valence-electron chi connectivity index (χ2n) is 5.74. The van der Waals surface area contributed by atoms with Crippen LogP contribution in [0.5, 0.6) is 0 Å². The summed E-state index contributed by atoms with van der Waals surface area (Å²) in [5.74, 6) is 0.619. The van der Waals surface area contributed by atoms with E-state index in [4.69, 9.17) is 11.6 Å². The van der Waals surface area contributed by atoms with Crippen LogP contribution in [0.3, 0.4) is 0 Å². The van der Waals surface area contributed by atoms with Crippen molar-refractivity contribution in [3.63, 3.8) is 0 Å². The maximum Gasteiger partial charge on any atom is 0.224 e. The Morgan fingerprint density at radius 2 is 1.96 bits per heavy atom. The van der Waals surface area contributed by atoms with Gasteiger partial charge in [0, 0.05) is 11.9 Å². The summed E-state index contributed by atoms with van der Waals surface area (Å²) in [5, 5.41) is 14.1. The number of aromatic nitrogens is 2. The van der Waals surface area contributed by atoms with E-state index < -0.39 is 0 Å². The number of anilines is 2. The highest BCUT2D eigenvalue weighted by Gasteiger charge is 2.13. The quantitative estimate of drug-likeness (QED) is 0.423. The summed E-state index contributed by atoms with van der Waals surface area (Å²) in [6.45, 7) is 4.38. The van der Waals surface area contributed by atoms with Crippen molar-refractivity contribution in [3.05, 3.63) is 64.0 Å². The monoisotopic (exact) mass is 444 g/mol. The van der Waals surface area contributed by atoms with Gasteiger partial charge in [0.15, 0.2) is 0 Å². The zero-order valence-electron chi connectivity index (χ0n) is 14.2. The van der Waals surface area contributed by atoms with Crippen LogP contribution in [0, 0.1) is 11.3 Å². The van der Waals surface area contributed by atoms with Crippen molar-refractivity contribution in [3.8, 4) is 17.2 Å². The summed E-state index contributed by atoms with van der Waals surface area (Å²) in [4.78, 5) is 8.19. The molecule has 0 atom stereocenters. The minimum Gasteiger partial charge on any atom is -0.339 e. The molecule has 0 saturated heterocycles. The molecule has 7 heteroatoms. The topological polar surface area (TPSA) is 61.6 Å². The first-order valence-corrected chi connectivity index (χ1v) is 11.2. The fraction of sp³-hybridized carbons (Fsp3) is 0.105. The fourth-order valence-electron chi connectivity index (χ4n) is 2.57. The van der Waals surface area contributed by atoms with Gasteiger partial charge in [0.25, 0.3) is 0 Å². The van der Waals surface area contributed by atoms with Crippen molar-refractivity contribution < 1.29 is 0 Å². The number of benzene rings is 2. The van der Waals surface area contributed by atoms with Crippen LogP contribution in [0.2, 0.25) is 5.28 Å². The van der Waals surface area contributed by atoms with Gasteiger partial charge in [0.2, 0.25) is 5.28 Å². The van der Waals surface area contributed by atoms with Gasteiger partial charge in [-0.3, -0.25) is 0 Å². The Labute approximate surface area is 167 Å². The first-order chi connectivity index (χ1) is 12.5. The van der Waals surface area contributed by atoms with Crippen LogP contribution in [0.15, 0.2) is 53.1 Å². The van der Waals surface area contributed by atoms with E-state index in [0.29, 0.717) is 11.4 Å². The highest BCUT2D eigenvalue weighted by molar-refractivity contribution is 9.10. The zero-order chi connectivity index (χ0) is 18.7. The van der Waals surface area contributed by atoms with E-state index in [1.54, 1.807) is 6.20 Å². The minimum absolute atomic E-state index is 0.187. The van der Waals surface area contributed by atoms with Gasteiger partial charge in [-0.1, -0.05) is 32.2 Å². The lowest BCUT2D eigenvalue weighted by Crippen LogP contribution is -2.09. The molecule has 0 radical (unpaired) electrons. The van der Waals surface area contributed by atoms with Crippen molar-refractivity contribution in [1.82, 2.24) is 9.97 Å². The van der Waals surface area contributed by atoms with Crippen LogP contribution in [-0.4, -0.2) is 23.3 Å². The Morgan fingerprint density at radius 3 is 2.69 bits per heavy atom. The summed E-state index contributed by atoms with van der Waals surface area (Å²) < 4.78 is 0.739. The average Bonchev–Trinajstić information content (AvgIpc) is 2.64. The maximum atomic E-state index is 9.37. The Bertz CT molecular complexity index is 1000. The number of nitriles is 1. The fourth-order valence-corrected chi connectivity index (χ4v) is 4.00. The second kappa shape index (κ2) is 8.14. The van der Waals surface area contributed by atoms with Gasteiger partial charge in [-0.2, -0.15) is 10.2 Å². The van der Waals surface area contributed by atoms with Crippen molar-refractivity contribution in [2.24, 2.45) is 0 Å². The molecule has 1 N–H and O–H groups in total. The van der Waals surface area contributed by atoms with Crippen molar-refractivity contribution >= 4 is 52.3 Å². The summed E-state index contributed by atoms with van der Waals surface area (Å²) in [5.41, 5.74) is 3.60. The van der Waals surface area contributed by atoms with E-state index in [1.807, 2.05) is 36.4 Å². The first kappa shape index (κ1) is 18.8. The molecule has 26 heavy (non-hydrogen) atoms. The van der Waals surface area contributed by atoms with Crippen LogP contribution >= 0.6 is 35.5 Å². The zero-order valence-corrected chi connectivity index (χ0v) is 17.4. The second-order valence-corrected chi connectivity index (χ2v) is 9.21. The lowest BCUT2D eigenvalue weighted by molar-refractivity contribution is 1.15. The van der Waals surface area contributed by atoms with Gasteiger partial charge in [-0.05, 0) is 75.5 Å². The number of nitrogens with one attached hydrogen (secondary N) is 1. The third-order valence-corrected chi connectivity index (χ3v) is 5.90. The van der Waals surface area contributed by atoms with Crippen LogP contribution < -0.4 is 10.6 Å². The van der Waals surface area contributed by atoms with E-state index in [1.165, 1.54) is 5.30 Å². The lowest BCUT2D eigenvalue weighted by atomic mass is 10.0. The Balaban J connectivity index is 2.06. The molecule has 0 amide bonds. The Morgan fingerprint density at radius 1 is 1.19 bits per heavy atom. The molecule has 0 saturated carbocycles. The predicted octanol–water partition coefficient (Wildman–Crippen LogP) is 5.54. The number of rotatable bonds is 4. The molecule has 1 aromatic heterocycles. The van der Waals surface area contributed by atoms with E-state index in [2.05, 4.69) is 56.7 Å². The molecule has 3 rings (SSSR count). The van der Waals surface area contributed by atoms with Gasteiger partial charge >= 0.3 is 0 Å². The molecule has 3 aromatic rings. The number of halogens is 2. The van der Waals surface area contributed by atoms with Crippen LogP contribution in [-0.2, 0) is 0 Å². The van der Waals surface area contributed by atoms with Crippen molar-refractivity contribution in [2.75, 3.05) is 18.6 Å². The largest absolute Gasteiger partial charge is 0.339 e. The van der Waals surface area contributed by atoms with Crippen LogP contribution in [0.25, 0.3) is 11.1 Å². The lowest BCUT2D eigenvalue weighted by Gasteiger charge is -2.17. The molecule has 0 aliphatic rings. The molecule has 0 spiro atoms. The van der Waals surface area contributed by atoms with E-state index in [9.17, 15) is 5.26 Å². The number of hydrogen-bond donors (Lipinski definition) is 1. The molecule has 0 aliphatic carbocycles. The summed E-state index contributed by atoms with van der Waals surface area (Å²) >= 11 is 9.36. The molecule has 4 nitrogen and oxygen atoms in total. The van der Waals surface area contributed by atoms with Gasteiger partial charge in [-0.25, -0.2) is 4.98 Å². The molecule has 0 unspecified atom stereocenters. The van der Waals surface area contributed by atoms with Crippen LogP contribution in [0.4, 0.5) is 11.5 Å². The molecule has 0 bridgehead atoms. The van der Waals surface area contributed by atoms with Gasteiger partial charge in [0.1, 0.15) is 5.82 Å². The summed E-state index contributed by atoms with van der Waals surface area (Å²) in [6.07, 6.45) is 1.62. The minimum atomic E-state index is -0.387. The highest BCUT2D eigenvalue weighted by atomic mass is 79.9. The smallest absolute Gasteiger partial charge is 0.224 e. The SMILES string of the molecule is CP(C)c1cc(-c2ccccc2C#N)ccc1Nc1nc(Cl)ncc1Br. The first-order valence-electron chi connectivity index (χ1n) is 7.75. The standard InChI is InChI=1S/C19H15BrClN4P/c1-26(2)17-9-12(14-6-4-3-5-13(14)10-22)7-8-16(17)24-18-15(20)11-23-19(21)25-18/h3-9,11H,1-2H3,(H,23,24,25). The third-order valence-electron chi connectivity index (χ3n) is 3.81. The van der Waals surface area contributed by atoms with Gasteiger partial charge < -0.3 is 5.32 Å². The van der Waals surface area contributed by atoms with Gasteiger partial charge in [0.05, 0.1) is 16.1 Å². The number of hydrogen-bond acceptors (Lipinski definition) is 4. The van der Waals surface area contributed by atoms with Crippen molar-refractivity contribution in [2.45, 2.75) is 0 Å². The molecule has 2 aromatic carbocycles. The van der Waals surface area contributed by atoms with Crippen LogP contribution in [0.1, 0.15) is 5.56 Å². The average molecular weight is 446 g/mol.